The maximum absolute atomic E-state index is 4.18. The minimum Gasteiger partial charge on any atom is -0.328 e. The fourth-order valence-electron chi connectivity index (χ4n) is 1.29. The lowest BCUT2D eigenvalue weighted by Crippen LogP contribution is -1.91. The van der Waals surface area contributed by atoms with Crippen molar-refractivity contribution in [2.45, 2.75) is 11.8 Å². The van der Waals surface area contributed by atoms with Gasteiger partial charge in [-0.05, 0) is 37.4 Å². The van der Waals surface area contributed by atoms with Crippen LogP contribution in [0.15, 0.2) is 35.4 Å². The van der Waals surface area contributed by atoms with Crippen molar-refractivity contribution in [3.8, 4) is 0 Å². The third-order valence-electron chi connectivity index (χ3n) is 2.06. The summed E-state index contributed by atoms with van der Waals surface area (Å²) in [5, 5.41) is 3.20. The molecular weight excluding hydrogens is 206 g/mol. The molecule has 0 aliphatic rings. The summed E-state index contributed by atoms with van der Waals surface area (Å²) in [6, 6.07) is 8.26. The fraction of sp³-hybridized carbons (Fsp3) is 0.182. The third kappa shape index (κ3) is 2.53. The van der Waals surface area contributed by atoms with Crippen LogP contribution in [0.2, 0.25) is 0 Å². The zero-order valence-corrected chi connectivity index (χ0v) is 9.56. The molecule has 0 aliphatic carbocycles. The van der Waals surface area contributed by atoms with Gasteiger partial charge in [0, 0.05) is 22.5 Å². The minimum atomic E-state index is 0.782. The van der Waals surface area contributed by atoms with Gasteiger partial charge >= 0.3 is 0 Å². The van der Waals surface area contributed by atoms with Crippen molar-refractivity contribution in [1.29, 1.82) is 0 Å². The normalized spacial score (nSPS) is 10.3. The quantitative estimate of drug-likeness (QED) is 0.779. The monoisotopic (exact) mass is 219 g/mol. The average molecular weight is 219 g/mol. The maximum Gasteiger partial charge on any atom is 0.204 e. The Morgan fingerprint density at radius 1 is 1.27 bits per heavy atom. The van der Waals surface area contributed by atoms with Crippen LogP contribution in [0.1, 0.15) is 5.69 Å². The van der Waals surface area contributed by atoms with E-state index in [0.29, 0.717) is 0 Å². The Bertz CT molecular complexity index is 433. The van der Waals surface area contributed by atoms with E-state index in [9.17, 15) is 0 Å². The first-order valence-electron chi connectivity index (χ1n) is 4.70. The van der Waals surface area contributed by atoms with Gasteiger partial charge < -0.3 is 10.3 Å². The van der Waals surface area contributed by atoms with Crippen LogP contribution in [0.25, 0.3) is 0 Å². The van der Waals surface area contributed by atoms with Crippen molar-refractivity contribution in [1.82, 2.24) is 9.97 Å². The van der Waals surface area contributed by atoms with Crippen molar-refractivity contribution in [3.63, 3.8) is 0 Å². The lowest BCUT2D eigenvalue weighted by molar-refractivity contribution is 1.24. The Morgan fingerprint density at radius 2 is 2.00 bits per heavy atom. The summed E-state index contributed by atoms with van der Waals surface area (Å²) in [6.45, 7) is 1.98. The molecule has 78 valence electrons. The highest BCUT2D eigenvalue weighted by Gasteiger charge is 1.97. The first-order valence-corrected chi connectivity index (χ1v) is 5.93. The number of nitrogens with one attached hydrogen (secondary N) is 2. The van der Waals surface area contributed by atoms with E-state index in [1.165, 1.54) is 4.90 Å². The molecule has 0 saturated heterocycles. The summed E-state index contributed by atoms with van der Waals surface area (Å²) in [7, 11) is 0. The first-order chi connectivity index (χ1) is 7.28. The molecule has 0 atom stereocenters. The molecule has 3 nitrogen and oxygen atoms in total. The van der Waals surface area contributed by atoms with Gasteiger partial charge in [0.15, 0.2) is 0 Å². The summed E-state index contributed by atoms with van der Waals surface area (Å²) < 4.78 is 0. The van der Waals surface area contributed by atoms with E-state index >= 15 is 0 Å². The molecule has 2 N–H and O–H groups in total. The maximum atomic E-state index is 4.18. The Morgan fingerprint density at radius 3 is 2.53 bits per heavy atom. The highest BCUT2D eigenvalue weighted by Crippen LogP contribution is 2.19. The number of hydrogen-bond donors (Lipinski definition) is 2. The molecule has 0 amide bonds. The number of aromatic amines is 1. The van der Waals surface area contributed by atoms with Crippen LogP contribution < -0.4 is 5.32 Å². The highest BCUT2D eigenvalue weighted by atomic mass is 32.2. The van der Waals surface area contributed by atoms with E-state index in [4.69, 9.17) is 0 Å². The van der Waals surface area contributed by atoms with E-state index in [2.05, 4.69) is 33.7 Å². The number of hydrogen-bond acceptors (Lipinski definition) is 3. The SMILES string of the molecule is CSc1ccc(Nc2ncc(C)[nH]2)cc1. The van der Waals surface area contributed by atoms with Gasteiger partial charge in [0.25, 0.3) is 0 Å². The molecule has 2 rings (SSSR count). The Kier molecular flexibility index (Phi) is 2.97. The van der Waals surface area contributed by atoms with Gasteiger partial charge in [-0.1, -0.05) is 0 Å². The number of aryl methyl sites for hydroxylation is 1. The van der Waals surface area contributed by atoms with Gasteiger partial charge in [-0.15, -0.1) is 11.8 Å². The van der Waals surface area contributed by atoms with Crippen LogP contribution in [0.3, 0.4) is 0 Å². The highest BCUT2D eigenvalue weighted by molar-refractivity contribution is 7.98. The molecule has 1 aromatic carbocycles. The van der Waals surface area contributed by atoms with Crippen molar-refractivity contribution < 1.29 is 0 Å². The number of H-pyrrole nitrogens is 1. The summed E-state index contributed by atoms with van der Waals surface area (Å²) >= 11 is 1.74. The van der Waals surface area contributed by atoms with Crippen LogP contribution in [0.4, 0.5) is 11.6 Å². The molecule has 0 unspecified atom stereocenters. The molecule has 1 heterocycles. The van der Waals surface area contributed by atoms with Crippen LogP contribution in [0.5, 0.6) is 0 Å². The molecule has 4 heteroatoms. The summed E-state index contributed by atoms with van der Waals surface area (Å²) in [4.78, 5) is 8.57. The van der Waals surface area contributed by atoms with E-state index in [1.807, 2.05) is 19.1 Å². The number of imidazole rings is 1. The van der Waals surface area contributed by atoms with Crippen molar-refractivity contribution >= 4 is 23.4 Å². The minimum absolute atomic E-state index is 0.782. The second-order valence-electron chi connectivity index (χ2n) is 3.27. The van der Waals surface area contributed by atoms with Gasteiger partial charge in [0.2, 0.25) is 5.95 Å². The van der Waals surface area contributed by atoms with Crippen LogP contribution in [-0.4, -0.2) is 16.2 Å². The predicted molar refractivity (Wildman–Crippen MR) is 64.8 cm³/mol. The zero-order chi connectivity index (χ0) is 10.7. The number of thioether (sulfide) groups is 1. The molecule has 0 spiro atoms. The second kappa shape index (κ2) is 4.40. The molecule has 0 radical (unpaired) electrons. The number of aromatic nitrogens is 2. The van der Waals surface area contributed by atoms with Crippen LogP contribution in [-0.2, 0) is 0 Å². The van der Waals surface area contributed by atoms with Crippen LogP contribution >= 0.6 is 11.8 Å². The third-order valence-corrected chi connectivity index (χ3v) is 2.80. The average Bonchev–Trinajstić information content (AvgIpc) is 2.65. The van der Waals surface area contributed by atoms with E-state index in [1.54, 1.807) is 18.0 Å². The van der Waals surface area contributed by atoms with E-state index in [-0.39, 0.29) is 0 Å². The molecule has 0 fully saturated rings. The number of anilines is 2. The van der Waals surface area contributed by atoms with Gasteiger partial charge in [0.05, 0.1) is 0 Å². The first kappa shape index (κ1) is 10.1. The van der Waals surface area contributed by atoms with Crippen LogP contribution in [0, 0.1) is 6.92 Å². The summed E-state index contributed by atoms with van der Waals surface area (Å²) in [5.74, 6) is 0.782. The predicted octanol–water partition coefficient (Wildman–Crippen LogP) is 3.18. The van der Waals surface area contributed by atoms with Gasteiger partial charge in [-0.25, -0.2) is 4.98 Å². The Hall–Kier alpha value is -1.42. The molecule has 2 aromatic rings. The number of benzene rings is 1. The summed E-state index contributed by atoms with van der Waals surface area (Å²) in [5.41, 5.74) is 2.10. The lowest BCUT2D eigenvalue weighted by atomic mass is 10.3. The summed E-state index contributed by atoms with van der Waals surface area (Å²) in [6.07, 6.45) is 3.87. The van der Waals surface area contributed by atoms with Crippen molar-refractivity contribution in [2.75, 3.05) is 11.6 Å². The largest absolute Gasteiger partial charge is 0.328 e. The molecule has 0 bridgehead atoms. The Balaban J connectivity index is 2.11. The number of nitrogens with zero attached hydrogens (tertiary/aromatic N) is 1. The Labute approximate surface area is 93.3 Å². The second-order valence-corrected chi connectivity index (χ2v) is 4.15. The number of rotatable bonds is 3. The molecule has 0 aliphatic heterocycles. The van der Waals surface area contributed by atoms with E-state index < -0.39 is 0 Å². The molecular formula is C11H13N3S. The van der Waals surface area contributed by atoms with Gasteiger partial charge in [-0.3, -0.25) is 0 Å². The van der Waals surface area contributed by atoms with Gasteiger partial charge in [0.1, 0.15) is 0 Å². The molecule has 1 aromatic heterocycles. The topological polar surface area (TPSA) is 40.7 Å². The molecule has 0 saturated carbocycles. The van der Waals surface area contributed by atoms with Crippen molar-refractivity contribution in [2.24, 2.45) is 0 Å². The van der Waals surface area contributed by atoms with Crippen molar-refractivity contribution in [3.05, 3.63) is 36.2 Å². The smallest absolute Gasteiger partial charge is 0.204 e. The van der Waals surface area contributed by atoms with E-state index in [0.717, 1.165) is 17.3 Å². The fourth-order valence-corrected chi connectivity index (χ4v) is 1.70. The standard InChI is InChI=1S/C11H13N3S/c1-8-7-12-11(13-8)14-9-3-5-10(15-2)6-4-9/h3-7H,1-2H3,(H2,12,13,14). The zero-order valence-electron chi connectivity index (χ0n) is 8.74. The molecule has 15 heavy (non-hydrogen) atoms. The van der Waals surface area contributed by atoms with Gasteiger partial charge in [-0.2, -0.15) is 0 Å². The lowest BCUT2D eigenvalue weighted by Gasteiger charge is -2.03.